The molecule has 0 radical (unpaired) electrons. The summed E-state index contributed by atoms with van der Waals surface area (Å²) in [4.78, 5) is 11.9. The quantitative estimate of drug-likeness (QED) is 0.411. The van der Waals surface area contributed by atoms with E-state index in [2.05, 4.69) is 25.0 Å². The molecular formula is C20H18ClN5O2S. The maximum Gasteiger partial charge on any atom is 0.232 e. The van der Waals surface area contributed by atoms with Gasteiger partial charge < -0.3 is 10.3 Å². The highest BCUT2D eigenvalue weighted by atomic mass is 35.5. The number of H-pyrrole nitrogens is 1. The Labute approximate surface area is 173 Å². The maximum atomic E-state index is 11.8. The lowest BCUT2D eigenvalue weighted by Gasteiger charge is -2.07. The van der Waals surface area contributed by atoms with E-state index in [0.717, 1.165) is 22.3 Å². The molecule has 4 aromatic rings. The molecule has 0 saturated heterocycles. The lowest BCUT2D eigenvalue weighted by Crippen LogP contribution is -2.14. The van der Waals surface area contributed by atoms with E-state index in [1.165, 1.54) is 6.33 Å². The summed E-state index contributed by atoms with van der Waals surface area (Å²) in [5.74, 6) is 0.653. The van der Waals surface area contributed by atoms with Crippen molar-refractivity contribution in [3.8, 4) is 11.3 Å². The molecule has 0 fully saturated rings. The number of benzene rings is 2. The van der Waals surface area contributed by atoms with E-state index >= 15 is 0 Å². The molecule has 148 valence electrons. The van der Waals surface area contributed by atoms with Crippen LogP contribution < -0.4 is 10.0 Å². The molecule has 0 aliphatic heterocycles. The molecule has 2 aromatic carbocycles. The van der Waals surface area contributed by atoms with Crippen molar-refractivity contribution in [2.24, 2.45) is 0 Å². The predicted molar refractivity (Wildman–Crippen MR) is 117 cm³/mol. The zero-order chi connectivity index (χ0) is 20.4. The first-order chi connectivity index (χ1) is 13.9. The molecule has 0 aliphatic rings. The number of aromatic nitrogens is 3. The SMILES string of the molecule is CCS(=O)(=O)Nc1cccc(-c2cc3c(Nc4cccc(Cl)c4)ncnc3[nH]2)c1. The predicted octanol–water partition coefficient (Wildman–Crippen LogP) is 4.78. The average Bonchev–Trinajstić information content (AvgIpc) is 3.13. The lowest BCUT2D eigenvalue weighted by atomic mass is 10.1. The lowest BCUT2D eigenvalue weighted by molar-refractivity contribution is 0.602. The van der Waals surface area contributed by atoms with Crippen LogP contribution in [-0.2, 0) is 10.0 Å². The van der Waals surface area contributed by atoms with Crippen molar-refractivity contribution >= 4 is 49.9 Å². The fraction of sp³-hybridized carbons (Fsp3) is 0.100. The van der Waals surface area contributed by atoms with Crippen LogP contribution in [0.3, 0.4) is 0 Å². The van der Waals surface area contributed by atoms with Crippen molar-refractivity contribution in [2.45, 2.75) is 6.92 Å². The van der Waals surface area contributed by atoms with Gasteiger partial charge in [-0.15, -0.1) is 0 Å². The second-order valence-corrected chi connectivity index (χ2v) is 8.84. The van der Waals surface area contributed by atoms with Gasteiger partial charge in [-0.1, -0.05) is 29.8 Å². The third-order valence-electron chi connectivity index (χ3n) is 4.34. The number of halogens is 1. The Morgan fingerprint density at radius 2 is 1.83 bits per heavy atom. The monoisotopic (exact) mass is 427 g/mol. The van der Waals surface area contributed by atoms with Gasteiger partial charge in [-0.05, 0) is 43.3 Å². The molecule has 3 N–H and O–H groups in total. The fourth-order valence-corrected chi connectivity index (χ4v) is 3.72. The topological polar surface area (TPSA) is 99.8 Å². The Hall–Kier alpha value is -3.10. The normalized spacial score (nSPS) is 11.5. The molecule has 0 spiro atoms. The van der Waals surface area contributed by atoms with E-state index in [1.54, 1.807) is 31.2 Å². The van der Waals surface area contributed by atoms with Gasteiger partial charge in [0.05, 0.1) is 11.1 Å². The number of nitrogens with zero attached hydrogens (tertiary/aromatic N) is 2. The van der Waals surface area contributed by atoms with Crippen LogP contribution in [0.25, 0.3) is 22.3 Å². The van der Waals surface area contributed by atoms with Gasteiger partial charge in [0.15, 0.2) is 0 Å². The van der Waals surface area contributed by atoms with Gasteiger partial charge in [0, 0.05) is 27.7 Å². The van der Waals surface area contributed by atoms with Crippen molar-refractivity contribution in [1.29, 1.82) is 0 Å². The smallest absolute Gasteiger partial charge is 0.232 e. The van der Waals surface area contributed by atoms with Gasteiger partial charge in [-0.25, -0.2) is 18.4 Å². The number of rotatable bonds is 6. The zero-order valence-corrected chi connectivity index (χ0v) is 17.1. The van der Waals surface area contributed by atoms with Crippen LogP contribution in [0.15, 0.2) is 60.9 Å². The van der Waals surface area contributed by atoms with E-state index in [4.69, 9.17) is 11.6 Å². The fourth-order valence-electron chi connectivity index (χ4n) is 2.90. The van der Waals surface area contributed by atoms with E-state index in [0.29, 0.717) is 22.2 Å². The van der Waals surface area contributed by atoms with Gasteiger partial charge in [0.2, 0.25) is 10.0 Å². The third-order valence-corrected chi connectivity index (χ3v) is 5.88. The summed E-state index contributed by atoms with van der Waals surface area (Å²) < 4.78 is 26.3. The van der Waals surface area contributed by atoms with Crippen LogP contribution in [0.2, 0.25) is 5.02 Å². The second kappa shape index (κ2) is 7.73. The molecule has 9 heteroatoms. The van der Waals surface area contributed by atoms with E-state index in [1.807, 2.05) is 30.3 Å². The Kier molecular flexibility index (Phi) is 5.12. The molecular weight excluding hydrogens is 410 g/mol. The van der Waals surface area contributed by atoms with E-state index in [9.17, 15) is 8.42 Å². The minimum atomic E-state index is -3.34. The Morgan fingerprint density at radius 1 is 1.03 bits per heavy atom. The van der Waals surface area contributed by atoms with E-state index < -0.39 is 10.0 Å². The molecule has 0 atom stereocenters. The number of hydrogen-bond acceptors (Lipinski definition) is 5. The number of hydrogen-bond donors (Lipinski definition) is 3. The van der Waals surface area contributed by atoms with Gasteiger partial charge in [-0.3, -0.25) is 4.72 Å². The Bertz CT molecular complexity index is 1290. The average molecular weight is 428 g/mol. The number of fused-ring (bicyclic) bond motifs is 1. The molecule has 2 aromatic heterocycles. The molecule has 0 unspecified atom stereocenters. The molecule has 2 heterocycles. The molecule has 0 amide bonds. The molecule has 0 aliphatic carbocycles. The molecule has 29 heavy (non-hydrogen) atoms. The van der Waals surface area contributed by atoms with Crippen molar-refractivity contribution in [3.63, 3.8) is 0 Å². The number of aromatic amines is 1. The highest BCUT2D eigenvalue weighted by Gasteiger charge is 2.12. The van der Waals surface area contributed by atoms with Gasteiger partial charge >= 0.3 is 0 Å². The summed E-state index contributed by atoms with van der Waals surface area (Å²) in [7, 11) is -3.34. The van der Waals surface area contributed by atoms with Crippen molar-refractivity contribution < 1.29 is 8.42 Å². The summed E-state index contributed by atoms with van der Waals surface area (Å²) in [6.07, 6.45) is 1.47. The standard InChI is InChI=1S/C20H18ClN5O2S/c1-2-29(27,28)26-16-8-3-5-13(9-16)18-11-17-19(22-12-23-20(17)25-18)24-15-7-4-6-14(21)10-15/h3-12,26H,2H2,1H3,(H2,22,23,24,25). The van der Waals surface area contributed by atoms with Crippen molar-refractivity contribution in [2.75, 3.05) is 15.8 Å². The van der Waals surface area contributed by atoms with Crippen LogP contribution in [0, 0.1) is 0 Å². The van der Waals surface area contributed by atoms with Crippen LogP contribution in [0.4, 0.5) is 17.2 Å². The summed E-state index contributed by atoms with van der Waals surface area (Å²) >= 11 is 6.06. The number of nitrogens with one attached hydrogen (secondary N) is 3. The van der Waals surface area contributed by atoms with Gasteiger partial charge in [0.1, 0.15) is 17.8 Å². The van der Waals surface area contributed by atoms with Crippen LogP contribution in [-0.4, -0.2) is 29.1 Å². The first kappa shape index (κ1) is 19.2. The summed E-state index contributed by atoms with van der Waals surface area (Å²) in [5.41, 5.74) is 3.61. The van der Waals surface area contributed by atoms with Crippen LogP contribution in [0.5, 0.6) is 0 Å². The minimum absolute atomic E-state index is 0.0116. The van der Waals surface area contributed by atoms with Gasteiger partial charge in [0.25, 0.3) is 0 Å². The van der Waals surface area contributed by atoms with E-state index in [-0.39, 0.29) is 5.75 Å². The largest absolute Gasteiger partial charge is 0.340 e. The zero-order valence-electron chi connectivity index (χ0n) is 15.5. The highest BCUT2D eigenvalue weighted by molar-refractivity contribution is 7.92. The summed E-state index contributed by atoms with van der Waals surface area (Å²) in [6.45, 7) is 1.59. The van der Waals surface area contributed by atoms with Gasteiger partial charge in [-0.2, -0.15) is 0 Å². The van der Waals surface area contributed by atoms with Crippen LogP contribution >= 0.6 is 11.6 Å². The first-order valence-electron chi connectivity index (χ1n) is 8.91. The minimum Gasteiger partial charge on any atom is -0.340 e. The molecule has 7 nitrogen and oxygen atoms in total. The Balaban J connectivity index is 1.70. The van der Waals surface area contributed by atoms with Crippen molar-refractivity contribution in [1.82, 2.24) is 15.0 Å². The van der Waals surface area contributed by atoms with Crippen molar-refractivity contribution in [3.05, 3.63) is 65.9 Å². The molecule has 0 bridgehead atoms. The summed E-state index contributed by atoms with van der Waals surface area (Å²) in [5, 5.41) is 4.69. The molecule has 0 saturated carbocycles. The second-order valence-electron chi connectivity index (χ2n) is 6.39. The first-order valence-corrected chi connectivity index (χ1v) is 10.9. The number of anilines is 3. The Morgan fingerprint density at radius 3 is 2.62 bits per heavy atom. The highest BCUT2D eigenvalue weighted by Crippen LogP contribution is 2.30. The maximum absolute atomic E-state index is 11.8. The molecule has 4 rings (SSSR count). The third kappa shape index (κ3) is 4.33. The summed E-state index contributed by atoms with van der Waals surface area (Å²) in [6, 6.07) is 16.5. The number of sulfonamides is 1. The van der Waals surface area contributed by atoms with Crippen LogP contribution in [0.1, 0.15) is 6.92 Å².